The lowest BCUT2D eigenvalue weighted by Gasteiger charge is -2.30. The van der Waals surface area contributed by atoms with Crippen molar-refractivity contribution in [1.29, 1.82) is 0 Å². The minimum absolute atomic E-state index is 0.0240. The number of nitrogens with zero attached hydrogens (tertiary/aromatic N) is 1. The Morgan fingerprint density at radius 2 is 1.05 bits per heavy atom. The number of amides is 11. The molecule has 0 saturated heterocycles. The summed E-state index contributed by atoms with van der Waals surface area (Å²) in [6, 6.07) is -5.37. The van der Waals surface area contributed by atoms with Gasteiger partial charge < -0.3 is 91.8 Å². The molecule has 1 rings (SSSR count). The maximum Gasteiger partial charge on any atom is 0.326 e. The number of rotatable bonds is 39. The van der Waals surface area contributed by atoms with Gasteiger partial charge in [0.2, 0.25) is 65.0 Å². The first-order chi connectivity index (χ1) is 38.4. The Kier molecular flexibility index (Phi) is 32.0. The fourth-order valence-electron chi connectivity index (χ4n) is 7.76. The van der Waals surface area contributed by atoms with Crippen LogP contribution in [0.1, 0.15) is 105 Å². The summed E-state index contributed by atoms with van der Waals surface area (Å²) in [7, 11) is 0. The van der Waals surface area contributed by atoms with Crippen molar-refractivity contribution < 1.29 is 77.6 Å². The number of nitrogens with two attached hydrogens (primary N) is 5. The average molecular weight is 1160 g/mol. The van der Waals surface area contributed by atoms with E-state index in [1.54, 1.807) is 65.0 Å². The smallest absolute Gasteiger partial charge is 0.326 e. The van der Waals surface area contributed by atoms with Gasteiger partial charge in [-0.1, -0.05) is 84.7 Å². The summed E-state index contributed by atoms with van der Waals surface area (Å²) in [6.45, 7) is 8.24. The second-order valence-electron chi connectivity index (χ2n) is 20.1. The Morgan fingerprint density at radius 3 is 1.56 bits per heavy atom. The third-order valence-corrected chi connectivity index (χ3v) is 12.7. The predicted molar refractivity (Wildman–Crippen MR) is 294 cm³/mol. The van der Waals surface area contributed by atoms with Gasteiger partial charge in [0.1, 0.15) is 48.3 Å². The second kappa shape index (κ2) is 36.7. The van der Waals surface area contributed by atoms with Crippen molar-refractivity contribution in [2.45, 2.75) is 160 Å². The molecule has 31 nitrogen and oxygen atoms in total. The number of carboxylic acids is 2. The van der Waals surface area contributed by atoms with Crippen LogP contribution in [0.15, 0.2) is 35.3 Å². The third-order valence-electron chi connectivity index (χ3n) is 12.7. The normalized spacial score (nSPS) is 15.0. The molecule has 11 amide bonds. The van der Waals surface area contributed by atoms with Gasteiger partial charge in [0.05, 0.1) is 32.0 Å². The van der Waals surface area contributed by atoms with E-state index >= 15 is 0 Å². The fraction of sp³-hybridized carbons (Fsp3) is 0.608. The molecule has 11 atom stereocenters. The molecule has 0 fully saturated rings. The number of carboxylic acid groups (broad SMARTS) is 2. The molecule has 0 aromatic heterocycles. The third kappa shape index (κ3) is 27.1. The number of hydrogen-bond acceptors (Lipinski definition) is 16. The monoisotopic (exact) mass is 1160 g/mol. The summed E-state index contributed by atoms with van der Waals surface area (Å²) in [5.41, 5.74) is 27.7. The van der Waals surface area contributed by atoms with E-state index < -0.39 is 182 Å². The van der Waals surface area contributed by atoms with Gasteiger partial charge in [-0.2, -0.15) is 0 Å². The second-order valence-corrected chi connectivity index (χ2v) is 20.1. The molecule has 0 unspecified atom stereocenters. The van der Waals surface area contributed by atoms with E-state index in [1.165, 1.54) is 6.92 Å². The molecule has 0 saturated carbocycles. The molecule has 31 heteroatoms. The zero-order valence-electron chi connectivity index (χ0n) is 47.0. The van der Waals surface area contributed by atoms with Gasteiger partial charge in [0.25, 0.3) is 0 Å². The molecule has 0 aliphatic heterocycles. The lowest BCUT2D eigenvalue weighted by molar-refractivity contribution is -0.143. The minimum atomic E-state index is -1.84. The maximum atomic E-state index is 14.2. The quantitative estimate of drug-likeness (QED) is 0.0166. The van der Waals surface area contributed by atoms with Crippen LogP contribution < -0.4 is 76.5 Å². The van der Waals surface area contributed by atoms with E-state index in [1.807, 2.05) is 0 Å². The van der Waals surface area contributed by atoms with Crippen LogP contribution >= 0.6 is 0 Å². The zero-order chi connectivity index (χ0) is 62.4. The molecular formula is C51H83N15O16. The summed E-state index contributed by atoms with van der Waals surface area (Å²) in [5, 5.41) is 50.4. The Bertz CT molecular complexity index is 2410. The number of nitrogens with one attached hydrogen (secondary N) is 9. The van der Waals surface area contributed by atoms with E-state index in [0.29, 0.717) is 12.0 Å². The number of hydrogen-bond donors (Lipinski definition) is 17. The standard InChI is InChI=1S/C51H83N15O16/c1-7-26(5)40(65-38(70)23-58-43(74)33(20-28-13-10-9-11-14-28)61-42(73)29(52)21-39(71)72)48(79)62-32(19-25(3)4)45(76)59-30(16-17-36(53)68)44(75)66-41(27(6)8-2)49(80)63-34(22-37(54)69)46(77)64-35(24-67)47(78)60-31(50(81)82)15-12-18-57-51(55)56/h9-11,13-14,25-27,29-35,40-41,67H,7-8,12,15-24,52H2,1-6H3,(H2,53,68)(H2,54,69)(H,58,74)(H,59,76)(H,60,78)(H,61,73)(H,62,79)(H,63,80)(H,64,77)(H,65,70)(H,66,75)(H,71,72)(H,81,82)(H4,55,56,57)/t26-,27-,29-,30-,31-,32-,33-,34-,35-,40-,41-/m0/s1. The van der Waals surface area contributed by atoms with Crippen molar-refractivity contribution in [2.24, 2.45) is 51.4 Å². The molecule has 0 heterocycles. The van der Waals surface area contributed by atoms with Crippen molar-refractivity contribution in [3.8, 4) is 0 Å². The number of carbonyl (C=O) groups is 13. The van der Waals surface area contributed by atoms with Crippen LogP contribution in [-0.2, 0) is 68.7 Å². The van der Waals surface area contributed by atoms with Gasteiger partial charge in [-0.05, 0) is 49.0 Å². The number of aliphatic hydroxyl groups excluding tert-OH is 1. The Morgan fingerprint density at radius 1 is 0.549 bits per heavy atom. The van der Waals surface area contributed by atoms with Crippen molar-refractivity contribution in [3.63, 3.8) is 0 Å². The first kappa shape index (κ1) is 71.5. The number of aliphatic carboxylic acids is 2. The molecule has 0 spiro atoms. The molecule has 0 bridgehead atoms. The number of aliphatic imine (C=N–C) groups is 1. The predicted octanol–water partition coefficient (Wildman–Crippen LogP) is -5.56. The highest BCUT2D eigenvalue weighted by molar-refractivity contribution is 5.99. The molecular weight excluding hydrogens is 1080 g/mol. The Labute approximate surface area is 474 Å². The van der Waals surface area contributed by atoms with Crippen LogP contribution in [0.25, 0.3) is 0 Å². The SMILES string of the molecule is CC[C@H](C)[C@H](NC(=O)CNC(=O)[C@H](Cc1ccccc1)NC(=O)[C@@H](N)CC(=O)O)C(=O)N[C@@H](CC(C)C)C(=O)N[C@@H](CCC(N)=O)C(=O)N[C@H](C(=O)N[C@@H](CC(N)=O)C(=O)N[C@@H](CO)C(=O)N[C@@H](CCCN=C(N)N)C(=O)O)[C@@H](C)CC. The van der Waals surface area contributed by atoms with Crippen LogP contribution in [0.3, 0.4) is 0 Å². The first-order valence-electron chi connectivity index (χ1n) is 26.6. The van der Waals surface area contributed by atoms with Gasteiger partial charge in [0, 0.05) is 19.4 Å². The van der Waals surface area contributed by atoms with Gasteiger partial charge >= 0.3 is 11.9 Å². The average Bonchev–Trinajstić information content (AvgIpc) is 3.47. The first-order valence-corrected chi connectivity index (χ1v) is 26.6. The van der Waals surface area contributed by atoms with E-state index in [-0.39, 0.29) is 50.5 Å². The number of benzene rings is 1. The number of carbonyl (C=O) groups excluding carboxylic acids is 11. The van der Waals surface area contributed by atoms with Gasteiger partial charge in [-0.3, -0.25) is 62.5 Å². The lowest BCUT2D eigenvalue weighted by atomic mass is 9.96. The lowest BCUT2D eigenvalue weighted by Crippen LogP contribution is -2.62. The van der Waals surface area contributed by atoms with E-state index in [9.17, 15) is 72.5 Å². The van der Waals surface area contributed by atoms with Crippen LogP contribution in [0.2, 0.25) is 0 Å². The van der Waals surface area contributed by atoms with E-state index in [4.69, 9.17) is 33.8 Å². The van der Waals surface area contributed by atoms with Crippen molar-refractivity contribution in [2.75, 3.05) is 19.7 Å². The molecule has 82 heavy (non-hydrogen) atoms. The Hall–Kier alpha value is -8.48. The highest BCUT2D eigenvalue weighted by Crippen LogP contribution is 2.14. The molecule has 0 radical (unpaired) electrons. The maximum absolute atomic E-state index is 14.2. The van der Waals surface area contributed by atoms with Crippen molar-refractivity contribution >= 4 is 82.9 Å². The number of aliphatic hydroxyl groups is 1. The van der Waals surface area contributed by atoms with Crippen molar-refractivity contribution in [1.82, 2.24) is 47.9 Å². The highest BCUT2D eigenvalue weighted by Gasteiger charge is 2.37. The number of guanidine groups is 1. The van der Waals surface area contributed by atoms with Crippen molar-refractivity contribution in [3.05, 3.63) is 35.9 Å². The Balaban J connectivity index is 3.39. The van der Waals surface area contributed by atoms with Crippen LogP contribution in [0.4, 0.5) is 0 Å². The summed E-state index contributed by atoms with van der Waals surface area (Å²) < 4.78 is 0. The summed E-state index contributed by atoms with van der Waals surface area (Å²) in [6.07, 6.45) is -2.13. The van der Waals surface area contributed by atoms with Crippen LogP contribution in [0, 0.1) is 17.8 Å². The largest absolute Gasteiger partial charge is 0.481 e. The van der Waals surface area contributed by atoms with E-state index in [2.05, 4.69) is 52.8 Å². The molecule has 1 aromatic rings. The molecule has 1 aromatic carbocycles. The summed E-state index contributed by atoms with van der Waals surface area (Å²) >= 11 is 0. The number of primary amides is 2. The molecule has 0 aliphatic carbocycles. The zero-order valence-corrected chi connectivity index (χ0v) is 47.0. The summed E-state index contributed by atoms with van der Waals surface area (Å²) in [4.78, 5) is 174. The van der Waals surface area contributed by atoms with Crippen LogP contribution in [0.5, 0.6) is 0 Å². The topological polar surface area (TPSA) is 533 Å². The van der Waals surface area contributed by atoms with Gasteiger partial charge in [-0.25, -0.2) is 4.79 Å². The molecule has 22 N–H and O–H groups in total. The fourth-order valence-corrected chi connectivity index (χ4v) is 7.76. The molecule has 458 valence electrons. The molecule has 0 aliphatic rings. The summed E-state index contributed by atoms with van der Waals surface area (Å²) in [5.74, 6) is -15.6. The van der Waals surface area contributed by atoms with E-state index in [0.717, 1.165) is 0 Å². The minimum Gasteiger partial charge on any atom is -0.481 e. The highest BCUT2D eigenvalue weighted by atomic mass is 16.4. The van der Waals surface area contributed by atoms with Crippen LogP contribution in [-0.4, -0.2) is 172 Å². The van der Waals surface area contributed by atoms with Gasteiger partial charge in [-0.15, -0.1) is 0 Å². The van der Waals surface area contributed by atoms with Gasteiger partial charge in [0.15, 0.2) is 5.96 Å².